The number of allylic oxidation sites excluding steroid dienone is 1. The fourth-order valence-corrected chi connectivity index (χ4v) is 5.70. The van der Waals surface area contributed by atoms with Gasteiger partial charge in [0, 0.05) is 19.0 Å². The molecule has 4 rings (SSSR count). The van der Waals surface area contributed by atoms with Crippen LogP contribution in [0.2, 0.25) is 0 Å². The van der Waals surface area contributed by atoms with Crippen LogP contribution in [-0.2, 0) is 25.7 Å². The minimum atomic E-state index is -1.15. The third kappa shape index (κ3) is 7.68. The average Bonchev–Trinajstić information content (AvgIpc) is 3.38. The molecule has 1 aromatic rings. The Labute approximate surface area is 246 Å². The number of carbonyl (C=O) groups is 5. The van der Waals surface area contributed by atoms with Crippen LogP contribution in [0.15, 0.2) is 36.4 Å². The van der Waals surface area contributed by atoms with Crippen molar-refractivity contribution in [2.45, 2.75) is 102 Å². The summed E-state index contributed by atoms with van der Waals surface area (Å²) in [5.41, 5.74) is -1.11. The molecule has 0 radical (unpaired) electrons. The van der Waals surface area contributed by atoms with Crippen LogP contribution in [0.4, 0.5) is 4.79 Å². The largest absolute Gasteiger partial charge is 0.478 e. The lowest BCUT2D eigenvalue weighted by molar-refractivity contribution is -0.141. The van der Waals surface area contributed by atoms with Gasteiger partial charge in [-0.05, 0) is 77.0 Å². The quantitative estimate of drug-likeness (QED) is 0.389. The Kier molecular flexibility index (Phi) is 9.58. The standard InChI is InChI=1S/C31H42N4O7/c1-30(2,3)42-29(41)33-23-14-8-6-4-5-7-13-22-18-31(22,34-25(36)24-15-10-16-35(24)26(23)37)28(40)32-19-20-11-9-12-21(17-20)27(38)39/h7,9,11-13,17,22-24H,4-6,8,10,14-16,18-19H2,1-3H3,(H,32,40)(H,33,41)(H,34,36)(H,38,39)/b13-7-/t22-,23+,24+,31-/m1/s1. The maximum absolute atomic E-state index is 13.7. The van der Waals surface area contributed by atoms with Gasteiger partial charge in [-0.15, -0.1) is 0 Å². The third-order valence-corrected chi connectivity index (χ3v) is 7.95. The highest BCUT2D eigenvalue weighted by Crippen LogP contribution is 2.45. The number of benzene rings is 1. The van der Waals surface area contributed by atoms with Crippen molar-refractivity contribution in [2.75, 3.05) is 6.54 Å². The first-order valence-corrected chi connectivity index (χ1v) is 14.8. The zero-order valence-corrected chi connectivity index (χ0v) is 24.6. The maximum atomic E-state index is 13.7. The van der Waals surface area contributed by atoms with Gasteiger partial charge < -0.3 is 30.7 Å². The molecule has 1 saturated carbocycles. The van der Waals surface area contributed by atoms with E-state index in [-0.39, 0.29) is 29.8 Å². The minimum Gasteiger partial charge on any atom is -0.478 e. The normalized spacial score (nSPS) is 27.3. The Hall–Kier alpha value is -3.89. The summed E-state index contributed by atoms with van der Waals surface area (Å²) in [7, 11) is 0. The summed E-state index contributed by atoms with van der Waals surface area (Å²) in [6.45, 7) is 5.75. The van der Waals surface area contributed by atoms with Crippen LogP contribution in [0.25, 0.3) is 0 Å². The zero-order chi connectivity index (χ0) is 30.5. The summed E-state index contributed by atoms with van der Waals surface area (Å²) in [4.78, 5) is 66.3. The van der Waals surface area contributed by atoms with Gasteiger partial charge in [0.05, 0.1) is 5.56 Å². The first kappa shape index (κ1) is 31.1. The van der Waals surface area contributed by atoms with Crippen molar-refractivity contribution in [3.8, 4) is 0 Å². The van der Waals surface area contributed by atoms with E-state index in [1.165, 1.54) is 17.0 Å². The summed E-state index contributed by atoms with van der Waals surface area (Å²) in [6.07, 6.45) is 8.55. The summed E-state index contributed by atoms with van der Waals surface area (Å²) in [5.74, 6) is -2.32. The molecule has 3 aliphatic rings. The van der Waals surface area contributed by atoms with Crippen LogP contribution in [-0.4, -0.2) is 69.6 Å². The van der Waals surface area contributed by atoms with E-state index >= 15 is 0 Å². The number of nitrogens with one attached hydrogen (secondary N) is 3. The molecule has 42 heavy (non-hydrogen) atoms. The molecule has 2 fully saturated rings. The molecule has 0 spiro atoms. The number of fused-ring (bicyclic) bond motifs is 2. The highest BCUT2D eigenvalue weighted by Gasteiger charge is 2.60. The number of hydrogen-bond donors (Lipinski definition) is 4. The van der Waals surface area contributed by atoms with Crippen LogP contribution in [0.1, 0.15) is 88.1 Å². The second kappa shape index (κ2) is 13.0. The van der Waals surface area contributed by atoms with Gasteiger partial charge in [0.25, 0.3) is 0 Å². The van der Waals surface area contributed by atoms with Crippen LogP contribution >= 0.6 is 0 Å². The molecule has 11 nitrogen and oxygen atoms in total. The predicted molar refractivity (Wildman–Crippen MR) is 154 cm³/mol. The molecule has 0 unspecified atom stereocenters. The Morgan fingerprint density at radius 2 is 1.90 bits per heavy atom. The molecule has 4 atom stereocenters. The molecule has 228 valence electrons. The first-order chi connectivity index (χ1) is 19.9. The topological polar surface area (TPSA) is 154 Å². The summed E-state index contributed by atoms with van der Waals surface area (Å²) in [6, 6.07) is 4.76. The van der Waals surface area contributed by atoms with Gasteiger partial charge in [-0.1, -0.05) is 37.1 Å². The minimum absolute atomic E-state index is 0.111. The monoisotopic (exact) mass is 582 g/mol. The Balaban J connectivity index is 1.51. The molecular weight excluding hydrogens is 540 g/mol. The van der Waals surface area contributed by atoms with Crippen molar-refractivity contribution in [1.82, 2.24) is 20.9 Å². The van der Waals surface area contributed by atoms with Crippen molar-refractivity contribution in [3.63, 3.8) is 0 Å². The number of hydrogen-bond acceptors (Lipinski definition) is 6. The molecule has 1 saturated heterocycles. The van der Waals surface area contributed by atoms with Crippen molar-refractivity contribution < 1.29 is 33.8 Å². The third-order valence-electron chi connectivity index (χ3n) is 7.95. The van der Waals surface area contributed by atoms with Gasteiger partial charge in [0.1, 0.15) is 23.2 Å². The summed E-state index contributed by atoms with van der Waals surface area (Å²) < 4.78 is 5.40. The number of rotatable bonds is 5. The van der Waals surface area contributed by atoms with E-state index in [2.05, 4.69) is 16.0 Å². The zero-order valence-electron chi connectivity index (χ0n) is 24.6. The first-order valence-electron chi connectivity index (χ1n) is 14.8. The lowest BCUT2D eigenvalue weighted by atomic mass is 10.0. The van der Waals surface area contributed by atoms with E-state index in [0.29, 0.717) is 37.8 Å². The maximum Gasteiger partial charge on any atom is 0.408 e. The van der Waals surface area contributed by atoms with Crippen LogP contribution in [0.3, 0.4) is 0 Å². The van der Waals surface area contributed by atoms with Crippen LogP contribution in [0.5, 0.6) is 0 Å². The number of carboxylic acids is 1. The van der Waals surface area contributed by atoms with Crippen molar-refractivity contribution in [3.05, 3.63) is 47.5 Å². The van der Waals surface area contributed by atoms with Crippen molar-refractivity contribution >= 4 is 29.8 Å². The number of alkyl carbamates (subject to hydrolysis) is 1. The predicted octanol–water partition coefficient (Wildman–Crippen LogP) is 3.28. The molecule has 2 heterocycles. The molecule has 4 N–H and O–H groups in total. The van der Waals surface area contributed by atoms with E-state index < -0.39 is 41.2 Å². The number of aromatic carboxylic acids is 1. The molecule has 0 bridgehead atoms. The molecule has 4 amide bonds. The van der Waals surface area contributed by atoms with Gasteiger partial charge in [-0.2, -0.15) is 0 Å². The average molecular weight is 583 g/mol. The van der Waals surface area contributed by atoms with Gasteiger partial charge in [0.2, 0.25) is 17.7 Å². The van der Waals surface area contributed by atoms with Crippen LogP contribution in [0, 0.1) is 5.92 Å². The van der Waals surface area contributed by atoms with E-state index in [9.17, 15) is 29.1 Å². The molecule has 0 aromatic heterocycles. The molecule has 2 aliphatic heterocycles. The van der Waals surface area contributed by atoms with Gasteiger partial charge in [-0.25, -0.2) is 9.59 Å². The Bertz CT molecular complexity index is 1240. The van der Waals surface area contributed by atoms with E-state index in [1.807, 2.05) is 12.2 Å². The molecule has 1 aliphatic carbocycles. The molecule has 1 aromatic carbocycles. The lowest BCUT2D eigenvalue weighted by Gasteiger charge is -2.30. The highest BCUT2D eigenvalue weighted by atomic mass is 16.6. The Morgan fingerprint density at radius 1 is 1.12 bits per heavy atom. The van der Waals surface area contributed by atoms with Crippen molar-refractivity contribution in [1.29, 1.82) is 0 Å². The van der Waals surface area contributed by atoms with Gasteiger partial charge in [-0.3, -0.25) is 14.4 Å². The molecular formula is C31H42N4O7. The van der Waals surface area contributed by atoms with E-state index in [1.54, 1.807) is 32.9 Å². The number of amides is 4. The Morgan fingerprint density at radius 3 is 2.64 bits per heavy atom. The fourth-order valence-electron chi connectivity index (χ4n) is 5.70. The highest BCUT2D eigenvalue weighted by molar-refractivity contribution is 5.98. The second-order valence-corrected chi connectivity index (χ2v) is 12.4. The smallest absolute Gasteiger partial charge is 0.408 e. The fraction of sp³-hybridized carbons (Fsp3) is 0.581. The number of ether oxygens (including phenoxy) is 1. The number of nitrogens with zero attached hydrogens (tertiary/aromatic N) is 1. The number of carboxylic acid groups (broad SMARTS) is 1. The van der Waals surface area contributed by atoms with Crippen LogP contribution < -0.4 is 16.0 Å². The molecule has 11 heteroatoms. The van der Waals surface area contributed by atoms with E-state index in [0.717, 1.165) is 25.7 Å². The SMILES string of the molecule is CC(C)(C)OC(=O)N[C@H]1CCCCC/C=C\[C@@H]2C[C@@]2(C(=O)NCc2cccc(C(=O)O)c2)NC(=O)[C@@H]2CCCN2C1=O. The second-order valence-electron chi connectivity index (χ2n) is 12.4. The van der Waals surface area contributed by atoms with E-state index in [4.69, 9.17) is 4.74 Å². The van der Waals surface area contributed by atoms with Crippen molar-refractivity contribution in [2.24, 2.45) is 5.92 Å². The van der Waals surface area contributed by atoms with Gasteiger partial charge >= 0.3 is 12.1 Å². The van der Waals surface area contributed by atoms with Gasteiger partial charge in [0.15, 0.2) is 0 Å². The summed E-state index contributed by atoms with van der Waals surface area (Å²) >= 11 is 0. The lowest BCUT2D eigenvalue weighted by Crippen LogP contribution is -2.57. The summed E-state index contributed by atoms with van der Waals surface area (Å²) in [5, 5.41) is 17.9. The number of carbonyl (C=O) groups excluding carboxylic acids is 4.